The molecule has 6 heteroatoms. The van der Waals surface area contributed by atoms with Crippen molar-refractivity contribution in [3.8, 4) is 27.9 Å². The number of aromatic nitrogens is 1. The van der Waals surface area contributed by atoms with Crippen LogP contribution in [-0.4, -0.2) is 4.57 Å². The van der Waals surface area contributed by atoms with Crippen LogP contribution in [0.4, 0.5) is 47.3 Å². The highest BCUT2D eigenvalue weighted by Crippen LogP contribution is 2.43. The molecule has 0 aliphatic heterocycles. The summed E-state index contributed by atoms with van der Waals surface area (Å²) in [6, 6.07) is 72.8. The van der Waals surface area contributed by atoms with Crippen molar-refractivity contribution < 1.29 is 13.2 Å². The van der Waals surface area contributed by atoms with Crippen molar-refractivity contribution in [1.82, 2.24) is 4.57 Å². The Balaban J connectivity index is 1.12. The molecule has 0 atom stereocenters. The highest BCUT2D eigenvalue weighted by atomic mass is 19.2. The summed E-state index contributed by atoms with van der Waals surface area (Å²) in [6.07, 6.45) is 0. The maximum atomic E-state index is 14.6. The SMILES string of the molecule is Fc1ccc(-c2ccc(-c3ccc(-n4c5ccc(N(c6ccccc6)c6ccccc6)cc5c5cc(N(c6ccccc6)c6ccccc6)ccc54)cc3)cc2)c(F)c1F. The van der Waals surface area contributed by atoms with Gasteiger partial charge in [-0.15, -0.1) is 0 Å². The van der Waals surface area contributed by atoms with Gasteiger partial charge in [-0.05, 0) is 126 Å². The van der Waals surface area contributed by atoms with E-state index in [0.29, 0.717) is 5.56 Å². The Morgan fingerprint density at radius 1 is 0.317 bits per heavy atom. The van der Waals surface area contributed by atoms with Gasteiger partial charge in [-0.3, -0.25) is 0 Å². The Kier molecular flexibility index (Phi) is 9.43. The summed E-state index contributed by atoms with van der Waals surface area (Å²) < 4.78 is 44.5. The van der Waals surface area contributed by atoms with E-state index < -0.39 is 17.5 Å². The zero-order valence-corrected chi connectivity index (χ0v) is 32.3. The van der Waals surface area contributed by atoms with Gasteiger partial charge in [-0.1, -0.05) is 109 Å². The number of hydrogen-bond donors (Lipinski definition) is 0. The number of nitrogens with zero attached hydrogens (tertiary/aromatic N) is 3. The minimum absolute atomic E-state index is 0.0137. The Bertz CT molecular complexity index is 2880. The van der Waals surface area contributed by atoms with Gasteiger partial charge in [0.25, 0.3) is 0 Å². The Morgan fingerprint density at radius 3 is 1.12 bits per heavy atom. The van der Waals surface area contributed by atoms with E-state index in [1.807, 2.05) is 36.4 Å². The van der Waals surface area contributed by atoms with E-state index in [4.69, 9.17) is 0 Å². The van der Waals surface area contributed by atoms with Crippen LogP contribution in [0.15, 0.2) is 218 Å². The summed E-state index contributed by atoms with van der Waals surface area (Å²) in [5, 5.41) is 2.21. The van der Waals surface area contributed by atoms with E-state index in [-0.39, 0.29) is 5.56 Å². The monoisotopic (exact) mass is 783 g/mol. The number of halogens is 3. The van der Waals surface area contributed by atoms with E-state index in [0.717, 1.165) is 78.8 Å². The van der Waals surface area contributed by atoms with Gasteiger partial charge >= 0.3 is 0 Å². The fourth-order valence-corrected chi connectivity index (χ4v) is 8.15. The number of benzene rings is 9. The zero-order chi connectivity index (χ0) is 40.6. The first-order valence-corrected chi connectivity index (χ1v) is 19.8. The van der Waals surface area contributed by atoms with Gasteiger partial charge < -0.3 is 14.4 Å². The molecule has 0 aliphatic rings. The molecule has 0 spiro atoms. The van der Waals surface area contributed by atoms with Crippen LogP contribution in [0.3, 0.4) is 0 Å². The summed E-state index contributed by atoms with van der Waals surface area (Å²) in [5.41, 5.74) is 11.8. The Hall–Kier alpha value is -7.83. The standard InChI is InChI=1S/C54H36F3N3/c55-50-32-31-47(53(56)54(50)57)39-23-21-37(22-24-39)38-25-27-44(28-26-38)60-51-33-29-45(58(40-13-5-1-6-14-40)41-15-7-2-8-16-41)35-48(51)49-36-46(30-34-52(49)60)59(42-17-9-3-10-18-42)43-19-11-4-12-20-43/h1-36H. The first-order chi connectivity index (χ1) is 29.5. The van der Waals surface area contributed by atoms with Crippen molar-refractivity contribution in [2.24, 2.45) is 0 Å². The smallest absolute Gasteiger partial charge is 0.195 e. The maximum Gasteiger partial charge on any atom is 0.195 e. The minimum Gasteiger partial charge on any atom is -0.310 e. The van der Waals surface area contributed by atoms with Gasteiger partial charge in [0, 0.05) is 56.1 Å². The van der Waals surface area contributed by atoms with Crippen molar-refractivity contribution >= 4 is 55.9 Å². The lowest BCUT2D eigenvalue weighted by Crippen LogP contribution is -2.09. The molecule has 0 unspecified atom stereocenters. The van der Waals surface area contributed by atoms with Crippen LogP contribution in [-0.2, 0) is 0 Å². The van der Waals surface area contributed by atoms with Gasteiger partial charge in [-0.25, -0.2) is 13.2 Å². The van der Waals surface area contributed by atoms with E-state index in [1.54, 1.807) is 12.1 Å². The first-order valence-electron chi connectivity index (χ1n) is 19.8. The molecule has 0 bridgehead atoms. The molecule has 3 nitrogen and oxygen atoms in total. The second-order valence-corrected chi connectivity index (χ2v) is 14.6. The third-order valence-electron chi connectivity index (χ3n) is 11.0. The highest BCUT2D eigenvalue weighted by Gasteiger charge is 2.20. The highest BCUT2D eigenvalue weighted by molar-refractivity contribution is 6.12. The quantitative estimate of drug-likeness (QED) is 0.135. The summed E-state index contributed by atoms with van der Waals surface area (Å²) in [5.74, 6) is -3.88. The molecule has 60 heavy (non-hydrogen) atoms. The average Bonchev–Trinajstić information content (AvgIpc) is 3.63. The summed E-state index contributed by atoms with van der Waals surface area (Å²) in [6.45, 7) is 0. The predicted molar refractivity (Wildman–Crippen MR) is 241 cm³/mol. The number of anilines is 6. The summed E-state index contributed by atoms with van der Waals surface area (Å²) >= 11 is 0. The number of fused-ring (bicyclic) bond motifs is 3. The van der Waals surface area contributed by atoms with Crippen LogP contribution in [0.25, 0.3) is 49.7 Å². The van der Waals surface area contributed by atoms with Crippen LogP contribution >= 0.6 is 0 Å². The molecule has 0 radical (unpaired) electrons. The second kappa shape index (κ2) is 15.5. The molecule has 0 saturated carbocycles. The Labute approximate surface area is 346 Å². The Morgan fingerprint density at radius 2 is 0.700 bits per heavy atom. The van der Waals surface area contributed by atoms with Gasteiger partial charge in [0.15, 0.2) is 17.5 Å². The molecule has 0 fully saturated rings. The number of hydrogen-bond acceptors (Lipinski definition) is 2. The van der Waals surface area contributed by atoms with Crippen molar-refractivity contribution in [2.75, 3.05) is 9.80 Å². The molecule has 1 heterocycles. The van der Waals surface area contributed by atoms with E-state index >= 15 is 0 Å². The number of para-hydroxylation sites is 4. The van der Waals surface area contributed by atoms with Crippen molar-refractivity contribution in [3.63, 3.8) is 0 Å². The number of rotatable bonds is 9. The largest absolute Gasteiger partial charge is 0.310 e. The van der Waals surface area contributed by atoms with Crippen LogP contribution in [0.1, 0.15) is 0 Å². The maximum absolute atomic E-state index is 14.6. The molecule has 0 N–H and O–H groups in total. The van der Waals surface area contributed by atoms with Crippen molar-refractivity contribution in [2.45, 2.75) is 0 Å². The molecule has 0 amide bonds. The molecular formula is C54H36F3N3. The fourth-order valence-electron chi connectivity index (χ4n) is 8.15. The van der Waals surface area contributed by atoms with Gasteiger partial charge in [0.05, 0.1) is 11.0 Å². The summed E-state index contributed by atoms with van der Waals surface area (Å²) in [4.78, 5) is 4.57. The second-order valence-electron chi connectivity index (χ2n) is 14.6. The molecule has 10 aromatic rings. The van der Waals surface area contributed by atoms with Crippen LogP contribution in [0, 0.1) is 17.5 Å². The van der Waals surface area contributed by atoms with Gasteiger partial charge in [0.2, 0.25) is 0 Å². The zero-order valence-electron chi connectivity index (χ0n) is 32.3. The molecule has 0 aliphatic carbocycles. The molecule has 1 aromatic heterocycles. The normalized spacial score (nSPS) is 11.2. The van der Waals surface area contributed by atoms with Crippen molar-refractivity contribution in [1.29, 1.82) is 0 Å². The molecule has 0 saturated heterocycles. The molecular weight excluding hydrogens is 748 g/mol. The first kappa shape index (κ1) is 36.5. The van der Waals surface area contributed by atoms with E-state index in [1.165, 1.54) is 6.07 Å². The van der Waals surface area contributed by atoms with Crippen molar-refractivity contribution in [3.05, 3.63) is 236 Å². The van der Waals surface area contributed by atoms with E-state index in [2.05, 4.69) is 172 Å². The van der Waals surface area contributed by atoms with Gasteiger partial charge in [-0.2, -0.15) is 0 Å². The van der Waals surface area contributed by atoms with Gasteiger partial charge in [0.1, 0.15) is 0 Å². The van der Waals surface area contributed by atoms with Crippen LogP contribution < -0.4 is 9.80 Å². The third-order valence-corrected chi connectivity index (χ3v) is 11.0. The fraction of sp³-hybridized carbons (Fsp3) is 0. The van der Waals surface area contributed by atoms with Crippen LogP contribution in [0.2, 0.25) is 0 Å². The predicted octanol–water partition coefficient (Wildman–Crippen LogP) is 15.5. The van der Waals surface area contributed by atoms with Crippen LogP contribution in [0.5, 0.6) is 0 Å². The molecule has 288 valence electrons. The summed E-state index contributed by atoms with van der Waals surface area (Å²) in [7, 11) is 0. The topological polar surface area (TPSA) is 11.4 Å². The van der Waals surface area contributed by atoms with E-state index in [9.17, 15) is 13.2 Å². The minimum atomic E-state index is -1.47. The average molecular weight is 784 g/mol. The lowest BCUT2D eigenvalue weighted by Gasteiger charge is -2.26. The lowest BCUT2D eigenvalue weighted by atomic mass is 9.99. The molecule has 9 aromatic carbocycles. The third kappa shape index (κ3) is 6.64. The lowest BCUT2D eigenvalue weighted by molar-refractivity contribution is 0.449. The molecule has 10 rings (SSSR count).